The lowest BCUT2D eigenvalue weighted by Gasteiger charge is -2.23. The zero-order chi connectivity index (χ0) is 25.4. The molecule has 0 radical (unpaired) electrons. The number of pyridine rings is 1. The van der Waals surface area contributed by atoms with Crippen molar-refractivity contribution >= 4 is 17.2 Å². The van der Waals surface area contributed by atoms with Gasteiger partial charge in [-0.1, -0.05) is 30.3 Å². The standard InChI is InChI=1S/C26H28N6O3S/c1-16-15-36-22(28-16)20-10-7-11-32(20)23(33)18-12-19(24(34)31(3)14-18)21-29-30-25(35-21)26(2,27)13-17-8-5-4-6-9-17/h4-6,8-9,12,14-15,20H,7,10-11,13,27H2,1-3H3/t20-,26+/m1/s1. The van der Waals surface area contributed by atoms with Crippen molar-refractivity contribution in [3.05, 3.63) is 86.0 Å². The molecule has 2 atom stereocenters. The normalized spacial score (nSPS) is 17.3. The van der Waals surface area contributed by atoms with Crippen molar-refractivity contribution in [2.75, 3.05) is 6.54 Å². The number of nitrogens with zero attached hydrogens (tertiary/aromatic N) is 5. The predicted molar refractivity (Wildman–Crippen MR) is 137 cm³/mol. The van der Waals surface area contributed by atoms with E-state index in [-0.39, 0.29) is 34.9 Å². The van der Waals surface area contributed by atoms with Gasteiger partial charge in [0.2, 0.25) is 5.89 Å². The number of nitrogens with two attached hydrogens (primary N) is 1. The molecule has 10 heteroatoms. The van der Waals surface area contributed by atoms with Gasteiger partial charge < -0.3 is 19.6 Å². The van der Waals surface area contributed by atoms with Crippen molar-refractivity contribution in [3.8, 4) is 11.5 Å². The Balaban J connectivity index is 1.44. The van der Waals surface area contributed by atoms with Gasteiger partial charge in [0, 0.05) is 30.9 Å². The van der Waals surface area contributed by atoms with Crippen molar-refractivity contribution < 1.29 is 9.21 Å². The molecule has 1 aromatic carbocycles. The van der Waals surface area contributed by atoms with Crippen LogP contribution in [0.2, 0.25) is 0 Å². The van der Waals surface area contributed by atoms with Gasteiger partial charge in [-0.15, -0.1) is 21.5 Å². The predicted octanol–water partition coefficient (Wildman–Crippen LogP) is 3.59. The Morgan fingerprint density at radius 2 is 2.06 bits per heavy atom. The highest BCUT2D eigenvalue weighted by molar-refractivity contribution is 7.09. The molecule has 5 rings (SSSR count). The minimum atomic E-state index is -0.931. The lowest BCUT2D eigenvalue weighted by molar-refractivity contribution is 0.0734. The van der Waals surface area contributed by atoms with Gasteiger partial charge in [0.1, 0.15) is 10.6 Å². The van der Waals surface area contributed by atoms with Crippen molar-refractivity contribution in [3.63, 3.8) is 0 Å². The molecular formula is C26H28N6O3S. The molecule has 0 unspecified atom stereocenters. The number of hydrogen-bond donors (Lipinski definition) is 1. The number of likely N-dealkylation sites (tertiary alicyclic amines) is 1. The maximum atomic E-state index is 13.6. The average molecular weight is 505 g/mol. The van der Waals surface area contributed by atoms with Gasteiger partial charge >= 0.3 is 0 Å². The first-order valence-corrected chi connectivity index (χ1v) is 12.7. The molecule has 0 saturated carbocycles. The summed E-state index contributed by atoms with van der Waals surface area (Å²) < 4.78 is 7.27. The molecule has 1 saturated heterocycles. The summed E-state index contributed by atoms with van der Waals surface area (Å²) in [6, 6.07) is 11.2. The van der Waals surface area contributed by atoms with Gasteiger partial charge in [0.05, 0.1) is 17.1 Å². The largest absolute Gasteiger partial charge is 0.418 e. The highest BCUT2D eigenvalue weighted by Gasteiger charge is 2.34. The molecule has 0 aliphatic carbocycles. The van der Waals surface area contributed by atoms with Gasteiger partial charge in [-0.2, -0.15) is 0 Å². The lowest BCUT2D eigenvalue weighted by Crippen LogP contribution is -2.35. The van der Waals surface area contributed by atoms with Gasteiger partial charge in [-0.3, -0.25) is 9.59 Å². The number of aryl methyl sites for hydroxylation is 2. The SMILES string of the molecule is Cc1csc([C@H]2CCCN2C(=O)c2cc(-c3nnc([C@@](C)(N)Cc4ccccc4)o3)c(=O)n(C)c2)n1. The van der Waals surface area contributed by atoms with Gasteiger partial charge in [-0.05, 0) is 44.7 Å². The van der Waals surface area contributed by atoms with Crippen LogP contribution < -0.4 is 11.3 Å². The fourth-order valence-electron chi connectivity index (χ4n) is 4.60. The van der Waals surface area contributed by atoms with Gasteiger partial charge in [-0.25, -0.2) is 4.98 Å². The summed E-state index contributed by atoms with van der Waals surface area (Å²) in [7, 11) is 1.61. The van der Waals surface area contributed by atoms with E-state index in [0.717, 1.165) is 29.1 Å². The van der Waals surface area contributed by atoms with Crippen LogP contribution >= 0.6 is 11.3 Å². The van der Waals surface area contributed by atoms with E-state index in [1.54, 1.807) is 24.6 Å². The summed E-state index contributed by atoms with van der Waals surface area (Å²) in [4.78, 5) is 33.0. The van der Waals surface area contributed by atoms with Crippen molar-refractivity contribution in [1.82, 2.24) is 24.6 Å². The van der Waals surface area contributed by atoms with E-state index in [0.29, 0.717) is 18.5 Å². The lowest BCUT2D eigenvalue weighted by atomic mass is 9.94. The van der Waals surface area contributed by atoms with Crippen LogP contribution in [0.25, 0.3) is 11.5 Å². The van der Waals surface area contributed by atoms with Crippen LogP contribution in [0.1, 0.15) is 58.3 Å². The average Bonchev–Trinajstić information content (AvgIpc) is 3.61. The number of rotatable bonds is 6. The minimum absolute atomic E-state index is 0.0403. The second kappa shape index (κ2) is 9.44. The third-order valence-corrected chi connectivity index (χ3v) is 7.49. The first-order valence-electron chi connectivity index (χ1n) is 11.8. The number of amides is 1. The Bertz CT molecular complexity index is 1460. The van der Waals surface area contributed by atoms with Crippen LogP contribution in [-0.2, 0) is 19.0 Å². The molecule has 36 heavy (non-hydrogen) atoms. The number of benzene rings is 1. The van der Waals surface area contributed by atoms with Gasteiger partial charge in [0.15, 0.2) is 0 Å². The number of aromatic nitrogens is 4. The highest BCUT2D eigenvalue weighted by atomic mass is 32.1. The van der Waals surface area contributed by atoms with Crippen LogP contribution in [0.15, 0.2) is 57.2 Å². The quantitative estimate of drug-likeness (QED) is 0.426. The van der Waals surface area contributed by atoms with E-state index in [4.69, 9.17) is 10.2 Å². The van der Waals surface area contributed by atoms with E-state index in [9.17, 15) is 9.59 Å². The Labute approximate surface area is 212 Å². The molecule has 1 aliphatic heterocycles. The summed E-state index contributed by atoms with van der Waals surface area (Å²) in [5.41, 5.74) is 7.78. The highest BCUT2D eigenvalue weighted by Crippen LogP contribution is 2.35. The molecule has 9 nitrogen and oxygen atoms in total. The third kappa shape index (κ3) is 4.61. The molecule has 1 amide bonds. The van der Waals surface area contributed by atoms with Crippen LogP contribution in [0.3, 0.4) is 0 Å². The number of carbonyl (C=O) groups is 1. The topological polar surface area (TPSA) is 120 Å². The number of hydrogen-bond acceptors (Lipinski definition) is 8. The summed E-state index contributed by atoms with van der Waals surface area (Å²) in [5, 5.41) is 11.2. The Kier molecular flexibility index (Phi) is 6.31. The monoisotopic (exact) mass is 504 g/mol. The van der Waals surface area contributed by atoms with E-state index in [2.05, 4.69) is 15.2 Å². The number of carbonyl (C=O) groups excluding carboxylic acids is 1. The molecule has 0 spiro atoms. The maximum absolute atomic E-state index is 13.6. The van der Waals surface area contributed by atoms with Crippen molar-refractivity contribution in [2.24, 2.45) is 12.8 Å². The van der Waals surface area contributed by atoms with Crippen LogP contribution in [0.5, 0.6) is 0 Å². The van der Waals surface area contributed by atoms with E-state index in [1.807, 2.05) is 54.5 Å². The molecule has 1 fully saturated rings. The molecule has 4 heterocycles. The number of thiazole rings is 1. The molecule has 2 N–H and O–H groups in total. The molecule has 3 aromatic heterocycles. The van der Waals surface area contributed by atoms with Crippen LogP contribution in [0, 0.1) is 6.92 Å². The first-order chi connectivity index (χ1) is 17.2. The maximum Gasteiger partial charge on any atom is 0.263 e. The van der Waals surface area contributed by atoms with Crippen molar-refractivity contribution in [1.29, 1.82) is 0 Å². The van der Waals surface area contributed by atoms with Crippen LogP contribution in [-0.4, -0.2) is 37.1 Å². The minimum Gasteiger partial charge on any atom is -0.418 e. The smallest absolute Gasteiger partial charge is 0.263 e. The summed E-state index contributed by atoms with van der Waals surface area (Å²) >= 11 is 1.57. The van der Waals surface area contributed by atoms with E-state index < -0.39 is 5.54 Å². The summed E-state index contributed by atoms with van der Waals surface area (Å²) in [6.45, 7) is 4.39. The molecule has 1 aliphatic rings. The van der Waals surface area contributed by atoms with E-state index in [1.165, 1.54) is 10.6 Å². The zero-order valence-electron chi connectivity index (χ0n) is 20.5. The van der Waals surface area contributed by atoms with Crippen molar-refractivity contribution in [2.45, 2.75) is 44.7 Å². The Morgan fingerprint density at radius 1 is 1.28 bits per heavy atom. The van der Waals surface area contributed by atoms with E-state index >= 15 is 0 Å². The molecule has 186 valence electrons. The first kappa shape index (κ1) is 24.1. The molecule has 0 bridgehead atoms. The fourth-order valence-corrected chi connectivity index (χ4v) is 5.54. The summed E-state index contributed by atoms with van der Waals surface area (Å²) in [6.07, 6.45) is 3.80. The second-order valence-electron chi connectivity index (χ2n) is 9.53. The Morgan fingerprint density at radius 3 is 2.78 bits per heavy atom. The fraction of sp³-hybridized carbons (Fsp3) is 0.346. The molecule has 4 aromatic rings. The summed E-state index contributed by atoms with van der Waals surface area (Å²) in [5.74, 6) is 0.104. The second-order valence-corrected chi connectivity index (χ2v) is 10.4. The third-order valence-electron chi connectivity index (χ3n) is 6.42. The van der Waals surface area contributed by atoms with Crippen LogP contribution in [0.4, 0.5) is 0 Å². The molecular weight excluding hydrogens is 476 g/mol. The Hall–Kier alpha value is -3.63. The zero-order valence-corrected chi connectivity index (χ0v) is 21.3. The van der Waals surface area contributed by atoms with Gasteiger partial charge in [0.25, 0.3) is 17.4 Å².